The number of carbonyl (C=O) groups is 1. The van der Waals surface area contributed by atoms with Gasteiger partial charge >= 0.3 is 0 Å². The summed E-state index contributed by atoms with van der Waals surface area (Å²) in [5.74, 6) is -0.372. The van der Waals surface area contributed by atoms with Crippen molar-refractivity contribution in [1.29, 1.82) is 0 Å². The zero-order valence-electron chi connectivity index (χ0n) is 8.93. The largest absolute Gasteiger partial charge is 0.376 e. The van der Waals surface area contributed by atoms with E-state index in [0.29, 0.717) is 0 Å². The molecule has 0 unspecified atom stereocenters. The molecule has 92 valence electrons. The molecular formula is C9H11N3O3S2. The molecule has 0 saturated carbocycles. The number of anilines is 1. The van der Waals surface area contributed by atoms with Crippen molar-refractivity contribution in [3.63, 3.8) is 0 Å². The lowest BCUT2D eigenvalue weighted by Gasteiger charge is -2.11. The minimum absolute atomic E-state index is 0.0944. The Balaban J connectivity index is 3.21. The molecule has 0 saturated heterocycles. The first-order valence-electron chi connectivity index (χ1n) is 4.52. The lowest BCUT2D eigenvalue weighted by molar-refractivity contribution is -0.114. The molecule has 0 spiro atoms. The van der Waals surface area contributed by atoms with Crippen LogP contribution in [-0.2, 0) is 14.8 Å². The zero-order chi connectivity index (χ0) is 13.1. The standard InChI is InChI=1S/C9H11N3O3S2/c1-6(13)11-7-4-2-3-5-8(7)17(14,15)12-9(10)16/h2-5H,1H3,(H,11,13)(H3,10,12,16). The summed E-state index contributed by atoms with van der Waals surface area (Å²) >= 11 is 4.47. The molecule has 4 N–H and O–H groups in total. The van der Waals surface area contributed by atoms with Gasteiger partial charge in [-0.1, -0.05) is 12.1 Å². The van der Waals surface area contributed by atoms with Crippen LogP contribution in [0.25, 0.3) is 0 Å². The van der Waals surface area contributed by atoms with Crippen LogP contribution in [0.3, 0.4) is 0 Å². The van der Waals surface area contributed by atoms with E-state index >= 15 is 0 Å². The summed E-state index contributed by atoms with van der Waals surface area (Å²) < 4.78 is 25.6. The second-order valence-electron chi connectivity index (χ2n) is 3.15. The second-order valence-corrected chi connectivity index (χ2v) is 5.24. The summed E-state index contributed by atoms with van der Waals surface area (Å²) in [5.41, 5.74) is 5.29. The van der Waals surface area contributed by atoms with Gasteiger partial charge in [-0.15, -0.1) is 0 Å². The summed E-state index contributed by atoms with van der Waals surface area (Å²) in [7, 11) is -3.87. The van der Waals surface area contributed by atoms with E-state index in [2.05, 4.69) is 17.5 Å². The van der Waals surface area contributed by atoms with Crippen molar-refractivity contribution in [2.24, 2.45) is 5.73 Å². The van der Waals surface area contributed by atoms with Crippen LogP contribution in [0.1, 0.15) is 6.92 Å². The summed E-state index contributed by atoms with van der Waals surface area (Å²) in [6, 6.07) is 5.94. The van der Waals surface area contributed by atoms with E-state index in [1.807, 2.05) is 4.72 Å². The smallest absolute Gasteiger partial charge is 0.265 e. The van der Waals surface area contributed by atoms with E-state index in [-0.39, 0.29) is 21.6 Å². The maximum Gasteiger partial charge on any atom is 0.265 e. The molecule has 0 aromatic heterocycles. The highest BCUT2D eigenvalue weighted by molar-refractivity contribution is 7.92. The Morgan fingerprint density at radius 3 is 2.47 bits per heavy atom. The zero-order valence-corrected chi connectivity index (χ0v) is 10.6. The second kappa shape index (κ2) is 5.11. The van der Waals surface area contributed by atoms with Crippen molar-refractivity contribution in [2.45, 2.75) is 11.8 Å². The molecule has 0 heterocycles. The van der Waals surface area contributed by atoms with E-state index in [1.54, 1.807) is 6.07 Å². The molecule has 8 heteroatoms. The Morgan fingerprint density at radius 1 is 1.35 bits per heavy atom. The van der Waals surface area contributed by atoms with Gasteiger partial charge in [-0.2, -0.15) is 0 Å². The van der Waals surface area contributed by atoms with E-state index in [4.69, 9.17) is 5.73 Å². The van der Waals surface area contributed by atoms with Crippen molar-refractivity contribution in [3.05, 3.63) is 24.3 Å². The number of para-hydroxylation sites is 1. The third-order valence-corrected chi connectivity index (χ3v) is 3.38. The lowest BCUT2D eigenvalue weighted by atomic mass is 10.3. The minimum atomic E-state index is -3.87. The third-order valence-electron chi connectivity index (χ3n) is 1.72. The number of rotatable bonds is 3. The van der Waals surface area contributed by atoms with Crippen LogP contribution in [0.4, 0.5) is 5.69 Å². The normalized spacial score (nSPS) is 10.6. The SMILES string of the molecule is CC(=O)Nc1ccccc1S(=O)(=O)NC(N)=S. The molecule has 0 aliphatic carbocycles. The Bertz CT molecular complexity index is 554. The van der Waals surface area contributed by atoms with E-state index in [0.717, 1.165) is 0 Å². The Labute approximate surface area is 104 Å². The molecule has 6 nitrogen and oxygen atoms in total. The van der Waals surface area contributed by atoms with Gasteiger partial charge in [0, 0.05) is 6.92 Å². The van der Waals surface area contributed by atoms with Crippen LogP contribution in [0.5, 0.6) is 0 Å². The van der Waals surface area contributed by atoms with Crippen LogP contribution in [-0.4, -0.2) is 19.4 Å². The predicted octanol–water partition coefficient (Wildman–Crippen LogP) is 0.167. The fraction of sp³-hybridized carbons (Fsp3) is 0.111. The van der Waals surface area contributed by atoms with Crippen molar-refractivity contribution in [1.82, 2.24) is 4.72 Å². The van der Waals surface area contributed by atoms with Crippen molar-refractivity contribution < 1.29 is 13.2 Å². The first kappa shape index (κ1) is 13.4. The fourth-order valence-electron chi connectivity index (χ4n) is 1.18. The first-order valence-corrected chi connectivity index (χ1v) is 6.41. The van der Waals surface area contributed by atoms with Gasteiger partial charge < -0.3 is 11.1 Å². The van der Waals surface area contributed by atoms with Gasteiger partial charge in [-0.05, 0) is 24.4 Å². The number of benzene rings is 1. The summed E-state index contributed by atoms with van der Waals surface area (Å²) in [5, 5.41) is 2.05. The molecule has 0 bridgehead atoms. The van der Waals surface area contributed by atoms with Gasteiger partial charge in [0.15, 0.2) is 5.11 Å². The molecule has 1 aromatic rings. The fourth-order valence-corrected chi connectivity index (χ4v) is 2.55. The molecule has 17 heavy (non-hydrogen) atoms. The van der Waals surface area contributed by atoms with Gasteiger partial charge in [0.25, 0.3) is 10.0 Å². The highest BCUT2D eigenvalue weighted by Gasteiger charge is 2.18. The number of thiocarbonyl (C=S) groups is 1. The molecule has 0 atom stereocenters. The molecule has 1 amide bonds. The van der Waals surface area contributed by atoms with Crippen LogP contribution in [0, 0.1) is 0 Å². The highest BCUT2D eigenvalue weighted by Crippen LogP contribution is 2.20. The summed E-state index contributed by atoms with van der Waals surface area (Å²) in [4.78, 5) is 10.8. The molecule has 0 aliphatic rings. The van der Waals surface area contributed by atoms with E-state index in [9.17, 15) is 13.2 Å². The average Bonchev–Trinajstić information content (AvgIpc) is 2.15. The Hall–Kier alpha value is -1.67. The van der Waals surface area contributed by atoms with Crippen molar-refractivity contribution >= 4 is 38.9 Å². The number of hydrogen-bond acceptors (Lipinski definition) is 4. The van der Waals surface area contributed by atoms with E-state index < -0.39 is 10.0 Å². The van der Waals surface area contributed by atoms with Gasteiger partial charge in [-0.3, -0.25) is 9.52 Å². The van der Waals surface area contributed by atoms with Crippen molar-refractivity contribution in [3.8, 4) is 0 Å². The van der Waals surface area contributed by atoms with E-state index in [1.165, 1.54) is 25.1 Å². The quantitative estimate of drug-likeness (QED) is 0.681. The molecule has 0 radical (unpaired) electrons. The molecule has 1 rings (SSSR count). The summed E-state index contributed by atoms with van der Waals surface area (Å²) in [6.07, 6.45) is 0. The van der Waals surface area contributed by atoms with Crippen LogP contribution in [0.2, 0.25) is 0 Å². The first-order chi connectivity index (χ1) is 7.83. The number of nitrogens with one attached hydrogen (secondary N) is 2. The van der Waals surface area contributed by atoms with Crippen LogP contribution < -0.4 is 15.8 Å². The molecular weight excluding hydrogens is 262 g/mol. The van der Waals surface area contributed by atoms with Crippen molar-refractivity contribution in [2.75, 3.05) is 5.32 Å². The monoisotopic (exact) mass is 273 g/mol. The molecule has 1 aromatic carbocycles. The number of amides is 1. The maximum atomic E-state index is 11.8. The maximum absolute atomic E-state index is 11.8. The molecule has 0 aliphatic heterocycles. The average molecular weight is 273 g/mol. The summed E-state index contributed by atoms with van der Waals surface area (Å²) in [6.45, 7) is 1.28. The topological polar surface area (TPSA) is 101 Å². The minimum Gasteiger partial charge on any atom is -0.376 e. The van der Waals surface area contributed by atoms with Gasteiger partial charge in [0.05, 0.1) is 5.69 Å². The number of hydrogen-bond donors (Lipinski definition) is 3. The third kappa shape index (κ3) is 3.68. The van der Waals surface area contributed by atoms with Crippen LogP contribution >= 0.6 is 12.2 Å². The van der Waals surface area contributed by atoms with Crippen LogP contribution in [0.15, 0.2) is 29.2 Å². The Kier molecular flexibility index (Phi) is 4.02. The van der Waals surface area contributed by atoms with Gasteiger partial charge in [0.2, 0.25) is 5.91 Å². The number of sulfonamides is 1. The molecule has 0 fully saturated rings. The number of nitrogens with two attached hydrogens (primary N) is 1. The Morgan fingerprint density at radius 2 is 1.94 bits per heavy atom. The van der Waals surface area contributed by atoms with Gasteiger partial charge in [-0.25, -0.2) is 8.42 Å². The van der Waals surface area contributed by atoms with Gasteiger partial charge in [0.1, 0.15) is 4.90 Å². The lowest BCUT2D eigenvalue weighted by Crippen LogP contribution is -2.35. The highest BCUT2D eigenvalue weighted by atomic mass is 32.2. The number of carbonyl (C=O) groups excluding carboxylic acids is 1. The predicted molar refractivity (Wildman–Crippen MR) is 67.9 cm³/mol.